The monoisotopic (exact) mass is 206 g/mol. The van der Waals surface area contributed by atoms with Crippen LogP contribution in [-0.2, 0) is 5.60 Å². The first kappa shape index (κ1) is 10.6. The summed E-state index contributed by atoms with van der Waals surface area (Å²) in [5.74, 6) is 0. The molecule has 1 aromatic rings. The van der Waals surface area contributed by atoms with Gasteiger partial charge in [-0.05, 0) is 31.1 Å². The molecule has 0 bridgehead atoms. The number of aliphatic hydroxyl groups is 1. The molecule has 82 valence electrons. The molecule has 1 aromatic heterocycles. The van der Waals surface area contributed by atoms with Gasteiger partial charge in [-0.3, -0.25) is 9.97 Å². The Morgan fingerprint density at radius 2 is 2.07 bits per heavy atom. The van der Waals surface area contributed by atoms with Crippen LogP contribution in [0.15, 0.2) is 18.6 Å². The van der Waals surface area contributed by atoms with Crippen molar-refractivity contribution < 1.29 is 5.11 Å². The maximum atomic E-state index is 10.6. The summed E-state index contributed by atoms with van der Waals surface area (Å²) in [5, 5.41) is 10.6. The summed E-state index contributed by atoms with van der Waals surface area (Å²) in [7, 11) is 0. The van der Waals surface area contributed by atoms with Crippen molar-refractivity contribution in [2.45, 2.75) is 45.1 Å². The first-order valence-corrected chi connectivity index (χ1v) is 5.51. The molecular formula is C12H18N2O. The van der Waals surface area contributed by atoms with Crippen molar-refractivity contribution >= 4 is 0 Å². The minimum absolute atomic E-state index is 0.199. The van der Waals surface area contributed by atoms with Gasteiger partial charge in [-0.25, -0.2) is 0 Å². The van der Waals surface area contributed by atoms with E-state index in [1.54, 1.807) is 18.6 Å². The van der Waals surface area contributed by atoms with Crippen LogP contribution in [0.2, 0.25) is 0 Å². The second-order valence-electron chi connectivity index (χ2n) is 5.32. The molecule has 1 unspecified atom stereocenters. The maximum Gasteiger partial charge on any atom is 0.109 e. The van der Waals surface area contributed by atoms with Crippen LogP contribution in [0.3, 0.4) is 0 Å². The molecule has 3 heteroatoms. The highest BCUT2D eigenvalue weighted by Crippen LogP contribution is 2.45. The topological polar surface area (TPSA) is 46.0 Å². The van der Waals surface area contributed by atoms with Crippen molar-refractivity contribution in [1.29, 1.82) is 0 Å². The highest BCUT2D eigenvalue weighted by Gasteiger charge is 2.40. The van der Waals surface area contributed by atoms with E-state index < -0.39 is 5.60 Å². The molecule has 3 nitrogen and oxygen atoms in total. The summed E-state index contributed by atoms with van der Waals surface area (Å²) in [6.45, 7) is 4.40. The van der Waals surface area contributed by atoms with Crippen molar-refractivity contribution in [3.8, 4) is 0 Å². The van der Waals surface area contributed by atoms with E-state index in [0.717, 1.165) is 25.0 Å². The molecular weight excluding hydrogens is 188 g/mol. The Hall–Kier alpha value is -0.960. The molecule has 0 radical (unpaired) electrons. The number of nitrogens with zero attached hydrogens (tertiary/aromatic N) is 2. The van der Waals surface area contributed by atoms with E-state index in [9.17, 15) is 5.11 Å². The van der Waals surface area contributed by atoms with Gasteiger partial charge in [-0.1, -0.05) is 13.8 Å². The molecule has 1 fully saturated rings. The largest absolute Gasteiger partial charge is 0.383 e. The summed E-state index contributed by atoms with van der Waals surface area (Å²) in [5.41, 5.74) is 0.151. The van der Waals surface area contributed by atoms with Crippen LogP contribution in [0, 0.1) is 5.41 Å². The molecule has 2 rings (SSSR count). The normalized spacial score (nSPS) is 30.1. The second-order valence-corrected chi connectivity index (χ2v) is 5.32. The standard InChI is InChI=1S/C12H18N2O/c1-11(2)4-3-5-12(15,9-11)10-8-13-6-7-14-10/h6-8,15H,3-5,9H2,1-2H3. The van der Waals surface area contributed by atoms with Crippen molar-refractivity contribution in [2.75, 3.05) is 0 Å². The molecule has 1 aliphatic carbocycles. The lowest BCUT2D eigenvalue weighted by Crippen LogP contribution is -2.37. The lowest BCUT2D eigenvalue weighted by Gasteiger charge is -2.40. The van der Waals surface area contributed by atoms with Gasteiger partial charge in [0, 0.05) is 12.4 Å². The predicted molar refractivity (Wildman–Crippen MR) is 58.2 cm³/mol. The van der Waals surface area contributed by atoms with Crippen molar-refractivity contribution in [1.82, 2.24) is 9.97 Å². The lowest BCUT2D eigenvalue weighted by atomic mass is 9.69. The van der Waals surface area contributed by atoms with Crippen LogP contribution in [0.5, 0.6) is 0 Å². The van der Waals surface area contributed by atoms with Gasteiger partial charge in [0.25, 0.3) is 0 Å². The zero-order valence-corrected chi connectivity index (χ0v) is 9.40. The fourth-order valence-corrected chi connectivity index (χ4v) is 2.59. The van der Waals surface area contributed by atoms with Crippen molar-refractivity contribution in [3.05, 3.63) is 24.3 Å². The molecule has 1 saturated carbocycles. The average molecular weight is 206 g/mol. The van der Waals surface area contributed by atoms with Crippen molar-refractivity contribution in [3.63, 3.8) is 0 Å². The van der Waals surface area contributed by atoms with Crippen molar-refractivity contribution in [2.24, 2.45) is 5.41 Å². The number of rotatable bonds is 1. The van der Waals surface area contributed by atoms with Gasteiger partial charge in [0.15, 0.2) is 0 Å². The Morgan fingerprint density at radius 1 is 1.27 bits per heavy atom. The number of hydrogen-bond donors (Lipinski definition) is 1. The molecule has 15 heavy (non-hydrogen) atoms. The van der Waals surface area contributed by atoms with Crippen LogP contribution in [-0.4, -0.2) is 15.1 Å². The van der Waals surface area contributed by atoms with Crippen LogP contribution in [0.1, 0.15) is 45.2 Å². The molecule has 1 heterocycles. The minimum atomic E-state index is -0.768. The molecule has 0 aliphatic heterocycles. The van der Waals surface area contributed by atoms with E-state index in [1.807, 2.05) is 0 Å². The first-order chi connectivity index (χ1) is 7.02. The number of aromatic nitrogens is 2. The first-order valence-electron chi connectivity index (χ1n) is 5.51. The quantitative estimate of drug-likeness (QED) is 0.766. The fraction of sp³-hybridized carbons (Fsp3) is 0.667. The zero-order chi connectivity index (χ0) is 10.9. The third kappa shape index (κ3) is 2.17. The van der Waals surface area contributed by atoms with E-state index in [2.05, 4.69) is 23.8 Å². The number of hydrogen-bond acceptors (Lipinski definition) is 3. The van der Waals surface area contributed by atoms with E-state index >= 15 is 0 Å². The van der Waals surface area contributed by atoms with Gasteiger partial charge < -0.3 is 5.11 Å². The summed E-state index contributed by atoms with van der Waals surface area (Å²) < 4.78 is 0. The molecule has 1 aliphatic rings. The molecule has 1 N–H and O–H groups in total. The van der Waals surface area contributed by atoms with E-state index in [1.165, 1.54) is 6.42 Å². The van der Waals surface area contributed by atoms with Gasteiger partial charge in [0.05, 0.1) is 11.9 Å². The Kier molecular flexibility index (Phi) is 2.51. The smallest absolute Gasteiger partial charge is 0.109 e. The second kappa shape index (κ2) is 3.56. The van der Waals surface area contributed by atoms with Gasteiger partial charge in [-0.2, -0.15) is 0 Å². The summed E-state index contributed by atoms with van der Waals surface area (Å²) in [6, 6.07) is 0. The molecule has 1 atom stereocenters. The van der Waals surface area contributed by atoms with Crippen LogP contribution < -0.4 is 0 Å². The molecule has 0 aromatic carbocycles. The third-order valence-electron chi connectivity index (χ3n) is 3.25. The van der Waals surface area contributed by atoms with Crippen LogP contribution in [0.4, 0.5) is 0 Å². The van der Waals surface area contributed by atoms with Gasteiger partial charge in [0.2, 0.25) is 0 Å². The van der Waals surface area contributed by atoms with Gasteiger partial charge >= 0.3 is 0 Å². The highest BCUT2D eigenvalue weighted by molar-refractivity contribution is 5.10. The molecule has 0 amide bonds. The Bertz CT molecular complexity index is 337. The molecule has 0 spiro atoms. The zero-order valence-electron chi connectivity index (χ0n) is 9.40. The van der Waals surface area contributed by atoms with Gasteiger partial charge in [0.1, 0.15) is 5.60 Å². The Morgan fingerprint density at radius 3 is 2.67 bits per heavy atom. The van der Waals surface area contributed by atoms with Gasteiger partial charge in [-0.15, -0.1) is 0 Å². The fourth-order valence-electron chi connectivity index (χ4n) is 2.59. The summed E-state index contributed by atoms with van der Waals surface area (Å²) in [4.78, 5) is 8.26. The predicted octanol–water partition coefficient (Wildman–Crippen LogP) is 2.26. The van der Waals surface area contributed by atoms with E-state index in [-0.39, 0.29) is 5.41 Å². The summed E-state index contributed by atoms with van der Waals surface area (Å²) >= 11 is 0. The van der Waals surface area contributed by atoms with Crippen LogP contribution >= 0.6 is 0 Å². The highest BCUT2D eigenvalue weighted by atomic mass is 16.3. The molecule has 0 saturated heterocycles. The third-order valence-corrected chi connectivity index (χ3v) is 3.25. The van der Waals surface area contributed by atoms with E-state index in [0.29, 0.717) is 0 Å². The average Bonchev–Trinajstić information content (AvgIpc) is 2.17. The Balaban J connectivity index is 2.27. The summed E-state index contributed by atoms with van der Waals surface area (Å²) in [6.07, 6.45) is 8.78. The lowest BCUT2D eigenvalue weighted by molar-refractivity contribution is -0.0476. The SMILES string of the molecule is CC1(C)CCCC(O)(c2cnccn2)C1. The Labute approximate surface area is 90.6 Å². The van der Waals surface area contributed by atoms with Crippen LogP contribution in [0.25, 0.3) is 0 Å². The van der Waals surface area contributed by atoms with E-state index in [4.69, 9.17) is 0 Å². The maximum absolute atomic E-state index is 10.6. The minimum Gasteiger partial charge on any atom is -0.383 e.